The first-order chi connectivity index (χ1) is 10.0. The molecule has 4 heteroatoms. The van der Waals surface area contributed by atoms with E-state index in [2.05, 4.69) is 9.80 Å². The van der Waals surface area contributed by atoms with Crippen LogP contribution in [0.1, 0.15) is 36.9 Å². The predicted octanol–water partition coefficient (Wildman–Crippen LogP) is 2.69. The van der Waals surface area contributed by atoms with E-state index in [9.17, 15) is 4.39 Å². The molecule has 2 N–H and O–H groups in total. The summed E-state index contributed by atoms with van der Waals surface area (Å²) in [6.07, 6.45) is 2.82. The van der Waals surface area contributed by atoms with E-state index in [4.69, 9.17) is 5.73 Å². The molecule has 0 aromatic heterocycles. The molecule has 2 aliphatic rings. The molecule has 0 amide bonds. The van der Waals surface area contributed by atoms with Crippen LogP contribution < -0.4 is 10.6 Å². The fourth-order valence-corrected chi connectivity index (χ4v) is 3.16. The SMILES string of the molecule is Cc1cc(N2CCN(CC3CC3)CC2)c(C(C)N)cc1F. The van der Waals surface area contributed by atoms with Crippen LogP contribution in [0.3, 0.4) is 0 Å². The van der Waals surface area contributed by atoms with E-state index in [0.29, 0.717) is 5.56 Å². The molecule has 1 saturated heterocycles. The van der Waals surface area contributed by atoms with E-state index in [0.717, 1.165) is 43.3 Å². The van der Waals surface area contributed by atoms with E-state index in [1.807, 2.05) is 19.9 Å². The van der Waals surface area contributed by atoms with Crippen LogP contribution in [0.2, 0.25) is 0 Å². The molecule has 3 rings (SSSR count). The molecule has 1 heterocycles. The fourth-order valence-electron chi connectivity index (χ4n) is 3.16. The molecule has 1 atom stereocenters. The average molecular weight is 291 g/mol. The maximum Gasteiger partial charge on any atom is 0.126 e. The molecule has 1 aromatic rings. The number of halogens is 1. The fraction of sp³-hybridized carbons (Fsp3) is 0.647. The summed E-state index contributed by atoms with van der Waals surface area (Å²) in [5.74, 6) is 0.794. The Labute approximate surface area is 126 Å². The van der Waals surface area contributed by atoms with Gasteiger partial charge < -0.3 is 10.6 Å². The number of aryl methyl sites for hydroxylation is 1. The van der Waals surface area contributed by atoms with E-state index >= 15 is 0 Å². The van der Waals surface area contributed by atoms with E-state index in [1.54, 1.807) is 6.07 Å². The lowest BCUT2D eigenvalue weighted by Gasteiger charge is -2.37. The molecular formula is C17H26FN3. The van der Waals surface area contributed by atoms with Gasteiger partial charge in [0, 0.05) is 44.5 Å². The second kappa shape index (κ2) is 5.93. The normalized spacial score (nSPS) is 21.6. The second-order valence-electron chi connectivity index (χ2n) is 6.68. The third-order valence-electron chi connectivity index (χ3n) is 4.72. The highest BCUT2D eigenvalue weighted by atomic mass is 19.1. The van der Waals surface area contributed by atoms with Crippen molar-refractivity contribution in [3.8, 4) is 0 Å². The first-order valence-electron chi connectivity index (χ1n) is 8.07. The van der Waals surface area contributed by atoms with Crippen molar-refractivity contribution in [3.63, 3.8) is 0 Å². The number of nitrogens with zero attached hydrogens (tertiary/aromatic N) is 2. The molecule has 1 saturated carbocycles. The van der Waals surface area contributed by atoms with E-state index in [-0.39, 0.29) is 11.9 Å². The molecule has 1 aromatic carbocycles. The van der Waals surface area contributed by atoms with Gasteiger partial charge in [0.25, 0.3) is 0 Å². The number of benzene rings is 1. The van der Waals surface area contributed by atoms with Gasteiger partial charge in [-0.1, -0.05) is 0 Å². The lowest BCUT2D eigenvalue weighted by atomic mass is 10.0. The smallest absolute Gasteiger partial charge is 0.126 e. The molecular weight excluding hydrogens is 265 g/mol. The Kier molecular flexibility index (Phi) is 4.18. The van der Waals surface area contributed by atoms with Crippen LogP contribution in [0, 0.1) is 18.7 Å². The lowest BCUT2D eigenvalue weighted by molar-refractivity contribution is 0.248. The van der Waals surface area contributed by atoms with Crippen LogP contribution in [0.4, 0.5) is 10.1 Å². The number of nitrogens with two attached hydrogens (primary N) is 1. The molecule has 0 radical (unpaired) electrons. The molecule has 1 aliphatic heterocycles. The molecule has 3 nitrogen and oxygen atoms in total. The number of rotatable bonds is 4. The van der Waals surface area contributed by atoms with Crippen molar-refractivity contribution in [1.29, 1.82) is 0 Å². The van der Waals surface area contributed by atoms with Crippen LogP contribution in [-0.4, -0.2) is 37.6 Å². The largest absolute Gasteiger partial charge is 0.369 e. The average Bonchev–Trinajstić information content (AvgIpc) is 3.26. The predicted molar refractivity (Wildman–Crippen MR) is 85.1 cm³/mol. The summed E-state index contributed by atoms with van der Waals surface area (Å²) in [6, 6.07) is 3.44. The summed E-state index contributed by atoms with van der Waals surface area (Å²) >= 11 is 0. The Bertz CT molecular complexity index is 503. The zero-order chi connectivity index (χ0) is 15.0. The minimum atomic E-state index is -0.154. The van der Waals surface area contributed by atoms with Crippen molar-refractivity contribution in [2.45, 2.75) is 32.7 Å². The van der Waals surface area contributed by atoms with Gasteiger partial charge in [-0.2, -0.15) is 0 Å². The summed E-state index contributed by atoms with van der Waals surface area (Å²) < 4.78 is 13.8. The topological polar surface area (TPSA) is 32.5 Å². The Balaban J connectivity index is 1.73. The molecule has 1 unspecified atom stereocenters. The van der Waals surface area contributed by atoms with Crippen LogP contribution in [-0.2, 0) is 0 Å². The standard InChI is InChI=1S/C17H26FN3/c1-12-9-17(15(13(2)19)10-16(12)18)21-7-5-20(6-8-21)11-14-3-4-14/h9-10,13-14H,3-8,11,19H2,1-2H3. The van der Waals surface area contributed by atoms with E-state index in [1.165, 1.54) is 19.4 Å². The van der Waals surface area contributed by atoms with Crippen molar-refractivity contribution in [2.75, 3.05) is 37.6 Å². The third-order valence-corrected chi connectivity index (χ3v) is 4.72. The maximum atomic E-state index is 13.8. The minimum Gasteiger partial charge on any atom is -0.369 e. The zero-order valence-electron chi connectivity index (χ0n) is 13.1. The van der Waals surface area contributed by atoms with Gasteiger partial charge in [-0.25, -0.2) is 4.39 Å². The molecule has 0 spiro atoms. The Hall–Kier alpha value is -1.13. The number of hydrogen-bond acceptors (Lipinski definition) is 3. The summed E-state index contributed by atoms with van der Waals surface area (Å²) in [7, 11) is 0. The highest BCUT2D eigenvalue weighted by Crippen LogP contribution is 2.32. The van der Waals surface area contributed by atoms with Gasteiger partial charge in [-0.3, -0.25) is 4.90 Å². The van der Waals surface area contributed by atoms with Crippen molar-refractivity contribution in [3.05, 3.63) is 29.1 Å². The van der Waals surface area contributed by atoms with Crippen LogP contribution in [0.15, 0.2) is 12.1 Å². The number of piperazine rings is 1. The maximum absolute atomic E-state index is 13.8. The van der Waals surface area contributed by atoms with Crippen LogP contribution in [0.25, 0.3) is 0 Å². The summed E-state index contributed by atoms with van der Waals surface area (Å²) in [6.45, 7) is 9.24. The Morgan fingerprint density at radius 2 is 1.90 bits per heavy atom. The van der Waals surface area contributed by atoms with Crippen molar-refractivity contribution >= 4 is 5.69 Å². The van der Waals surface area contributed by atoms with Gasteiger partial charge in [-0.15, -0.1) is 0 Å². The van der Waals surface area contributed by atoms with Crippen LogP contribution >= 0.6 is 0 Å². The Morgan fingerprint density at radius 1 is 1.24 bits per heavy atom. The van der Waals surface area contributed by atoms with Crippen molar-refractivity contribution in [1.82, 2.24) is 4.90 Å². The number of anilines is 1. The number of hydrogen-bond donors (Lipinski definition) is 1. The molecule has 1 aliphatic carbocycles. The zero-order valence-corrected chi connectivity index (χ0v) is 13.1. The lowest BCUT2D eigenvalue weighted by Crippen LogP contribution is -2.47. The highest BCUT2D eigenvalue weighted by molar-refractivity contribution is 5.57. The van der Waals surface area contributed by atoms with Gasteiger partial charge in [0.1, 0.15) is 5.82 Å². The summed E-state index contributed by atoms with van der Waals surface area (Å²) in [4.78, 5) is 4.94. The van der Waals surface area contributed by atoms with Crippen molar-refractivity contribution in [2.24, 2.45) is 11.7 Å². The van der Waals surface area contributed by atoms with Gasteiger partial charge in [-0.05, 0) is 55.9 Å². The first-order valence-corrected chi connectivity index (χ1v) is 8.07. The molecule has 116 valence electrons. The summed E-state index contributed by atoms with van der Waals surface area (Å²) in [5, 5.41) is 0. The summed E-state index contributed by atoms with van der Waals surface area (Å²) in [5.41, 5.74) is 8.79. The molecule has 0 bridgehead atoms. The highest BCUT2D eigenvalue weighted by Gasteiger charge is 2.27. The van der Waals surface area contributed by atoms with Crippen LogP contribution in [0.5, 0.6) is 0 Å². The van der Waals surface area contributed by atoms with E-state index < -0.39 is 0 Å². The van der Waals surface area contributed by atoms with Gasteiger partial charge >= 0.3 is 0 Å². The monoisotopic (exact) mass is 291 g/mol. The quantitative estimate of drug-likeness (QED) is 0.926. The first kappa shape index (κ1) is 14.8. The van der Waals surface area contributed by atoms with Gasteiger partial charge in [0.15, 0.2) is 0 Å². The van der Waals surface area contributed by atoms with Gasteiger partial charge in [0.05, 0.1) is 0 Å². The minimum absolute atomic E-state index is 0.139. The second-order valence-corrected chi connectivity index (χ2v) is 6.68. The molecule has 2 fully saturated rings. The van der Waals surface area contributed by atoms with Gasteiger partial charge in [0.2, 0.25) is 0 Å². The Morgan fingerprint density at radius 3 is 2.48 bits per heavy atom. The third kappa shape index (κ3) is 3.38. The molecule has 21 heavy (non-hydrogen) atoms. The van der Waals surface area contributed by atoms with Crippen molar-refractivity contribution < 1.29 is 4.39 Å².